The van der Waals surface area contributed by atoms with Crippen molar-refractivity contribution in [1.29, 1.82) is 0 Å². The Morgan fingerprint density at radius 3 is 2.43 bits per heavy atom. The van der Waals surface area contributed by atoms with Gasteiger partial charge in [-0.25, -0.2) is 9.18 Å². The first-order valence-corrected chi connectivity index (χ1v) is 8.10. The standard InChI is InChI=1S/C15H15FN2O2.C5H4O3/c1-9-7-13(14(20-2)8-12(9)17)18-15(19)10-5-3-4-6-11(10)16;6-5(7)4-2-1-3-8-4/h3-8H,17H2,1-2H3,(H,18,19);1-3H,(H,6,7). The number of amides is 1. The van der Waals surface area contributed by atoms with E-state index in [0.29, 0.717) is 17.1 Å². The summed E-state index contributed by atoms with van der Waals surface area (Å²) in [5, 5.41) is 10.8. The Morgan fingerprint density at radius 2 is 1.89 bits per heavy atom. The van der Waals surface area contributed by atoms with E-state index in [0.717, 1.165) is 5.56 Å². The molecule has 0 spiro atoms. The molecule has 1 aromatic heterocycles. The van der Waals surface area contributed by atoms with Gasteiger partial charge in [-0.05, 0) is 42.8 Å². The molecule has 1 heterocycles. The number of rotatable bonds is 4. The molecular formula is C20H19FN2O5. The van der Waals surface area contributed by atoms with Crippen LogP contribution in [0, 0.1) is 12.7 Å². The van der Waals surface area contributed by atoms with E-state index in [2.05, 4.69) is 9.73 Å². The number of anilines is 2. The lowest BCUT2D eigenvalue weighted by molar-refractivity contribution is 0.0662. The number of nitrogen functional groups attached to an aromatic ring is 1. The molecule has 28 heavy (non-hydrogen) atoms. The maximum Gasteiger partial charge on any atom is 0.371 e. The van der Waals surface area contributed by atoms with Gasteiger partial charge in [0.25, 0.3) is 5.91 Å². The van der Waals surface area contributed by atoms with Gasteiger partial charge in [-0.1, -0.05) is 12.1 Å². The van der Waals surface area contributed by atoms with Crippen molar-refractivity contribution in [2.75, 3.05) is 18.2 Å². The van der Waals surface area contributed by atoms with E-state index >= 15 is 0 Å². The number of ether oxygens (including phenoxy) is 1. The molecule has 0 aliphatic carbocycles. The summed E-state index contributed by atoms with van der Waals surface area (Å²) in [6.07, 6.45) is 1.32. The van der Waals surface area contributed by atoms with Gasteiger partial charge in [0.15, 0.2) is 0 Å². The lowest BCUT2D eigenvalue weighted by Crippen LogP contribution is -2.14. The van der Waals surface area contributed by atoms with Crippen molar-refractivity contribution in [2.45, 2.75) is 6.92 Å². The smallest absolute Gasteiger partial charge is 0.371 e. The number of carbonyl (C=O) groups is 2. The van der Waals surface area contributed by atoms with Gasteiger partial charge >= 0.3 is 5.97 Å². The lowest BCUT2D eigenvalue weighted by atomic mass is 10.1. The molecule has 0 atom stereocenters. The third-order valence-corrected chi connectivity index (χ3v) is 3.69. The monoisotopic (exact) mass is 386 g/mol. The maximum atomic E-state index is 13.6. The van der Waals surface area contributed by atoms with Crippen LogP contribution in [-0.2, 0) is 0 Å². The lowest BCUT2D eigenvalue weighted by Gasteiger charge is -2.13. The summed E-state index contributed by atoms with van der Waals surface area (Å²) >= 11 is 0. The van der Waals surface area contributed by atoms with Crippen LogP contribution < -0.4 is 15.8 Å². The molecule has 3 aromatic rings. The average Bonchev–Trinajstić information content (AvgIpc) is 3.20. The van der Waals surface area contributed by atoms with Crippen molar-refractivity contribution >= 4 is 23.3 Å². The molecule has 0 fully saturated rings. The van der Waals surface area contributed by atoms with Gasteiger partial charge in [-0.3, -0.25) is 4.79 Å². The molecule has 8 heteroatoms. The zero-order chi connectivity index (χ0) is 20.7. The van der Waals surface area contributed by atoms with Crippen LogP contribution in [0.2, 0.25) is 0 Å². The molecule has 0 radical (unpaired) electrons. The minimum Gasteiger partial charge on any atom is -0.494 e. The number of aromatic carboxylic acids is 1. The molecular weight excluding hydrogens is 367 g/mol. The first-order valence-electron chi connectivity index (χ1n) is 8.10. The molecule has 2 aromatic carbocycles. The van der Waals surface area contributed by atoms with Crippen molar-refractivity contribution in [3.05, 3.63) is 77.5 Å². The number of furan rings is 1. The number of halogens is 1. The molecule has 3 rings (SSSR count). The Kier molecular flexibility index (Phi) is 6.75. The fourth-order valence-corrected chi connectivity index (χ4v) is 2.21. The number of aryl methyl sites for hydroxylation is 1. The van der Waals surface area contributed by atoms with Gasteiger partial charge in [0, 0.05) is 11.8 Å². The summed E-state index contributed by atoms with van der Waals surface area (Å²) in [6.45, 7) is 1.81. The molecule has 1 amide bonds. The Bertz CT molecular complexity index is 971. The zero-order valence-corrected chi connectivity index (χ0v) is 15.2. The normalized spacial score (nSPS) is 9.82. The molecule has 146 valence electrons. The molecule has 0 aliphatic heterocycles. The van der Waals surface area contributed by atoms with Gasteiger partial charge in [0.2, 0.25) is 5.76 Å². The first-order chi connectivity index (χ1) is 13.3. The second kappa shape index (κ2) is 9.22. The topological polar surface area (TPSA) is 115 Å². The summed E-state index contributed by atoms with van der Waals surface area (Å²) in [7, 11) is 1.48. The van der Waals surface area contributed by atoms with Crippen LogP contribution >= 0.6 is 0 Å². The third-order valence-electron chi connectivity index (χ3n) is 3.69. The van der Waals surface area contributed by atoms with Crippen LogP contribution in [-0.4, -0.2) is 24.1 Å². The molecule has 4 N–H and O–H groups in total. The maximum absolute atomic E-state index is 13.6. The Morgan fingerprint density at radius 1 is 1.18 bits per heavy atom. The predicted molar refractivity (Wildman–Crippen MR) is 102 cm³/mol. The summed E-state index contributed by atoms with van der Waals surface area (Å²) in [4.78, 5) is 22.0. The van der Waals surface area contributed by atoms with Crippen molar-refractivity contribution in [3.8, 4) is 5.75 Å². The Hall–Kier alpha value is -3.81. The van der Waals surface area contributed by atoms with Crippen molar-refractivity contribution in [1.82, 2.24) is 0 Å². The van der Waals surface area contributed by atoms with E-state index in [1.165, 1.54) is 43.7 Å². The van der Waals surface area contributed by atoms with Crippen LogP contribution in [0.3, 0.4) is 0 Å². The predicted octanol–water partition coefficient (Wildman–Crippen LogP) is 3.96. The molecule has 0 saturated heterocycles. The van der Waals surface area contributed by atoms with Gasteiger partial charge in [-0.2, -0.15) is 0 Å². The minimum atomic E-state index is -1.03. The largest absolute Gasteiger partial charge is 0.494 e. The highest BCUT2D eigenvalue weighted by molar-refractivity contribution is 6.05. The second-order valence-electron chi connectivity index (χ2n) is 5.63. The highest BCUT2D eigenvalue weighted by Gasteiger charge is 2.14. The van der Waals surface area contributed by atoms with Crippen LogP contribution in [0.4, 0.5) is 15.8 Å². The number of methoxy groups -OCH3 is 1. The minimum absolute atomic E-state index is 0.0231. The number of hydrogen-bond donors (Lipinski definition) is 3. The first kappa shape index (κ1) is 20.5. The molecule has 0 aliphatic rings. The highest BCUT2D eigenvalue weighted by atomic mass is 19.1. The molecule has 7 nitrogen and oxygen atoms in total. The quantitative estimate of drug-likeness (QED) is 0.585. The van der Waals surface area contributed by atoms with Gasteiger partial charge in [0.05, 0.1) is 24.6 Å². The van der Waals surface area contributed by atoms with Crippen molar-refractivity contribution in [3.63, 3.8) is 0 Å². The van der Waals surface area contributed by atoms with E-state index < -0.39 is 17.7 Å². The molecule has 0 saturated carbocycles. The number of carbonyl (C=O) groups excluding carboxylic acids is 1. The number of nitrogens with two attached hydrogens (primary N) is 1. The van der Waals surface area contributed by atoms with E-state index in [9.17, 15) is 14.0 Å². The highest BCUT2D eigenvalue weighted by Crippen LogP contribution is 2.30. The van der Waals surface area contributed by atoms with Crippen LogP contribution in [0.25, 0.3) is 0 Å². The van der Waals surface area contributed by atoms with Gasteiger partial charge in [0.1, 0.15) is 11.6 Å². The average molecular weight is 386 g/mol. The summed E-state index contributed by atoms with van der Waals surface area (Å²) < 4.78 is 23.2. The number of hydrogen-bond acceptors (Lipinski definition) is 5. The zero-order valence-electron chi connectivity index (χ0n) is 15.2. The van der Waals surface area contributed by atoms with Gasteiger partial charge in [-0.15, -0.1) is 0 Å². The van der Waals surface area contributed by atoms with Crippen molar-refractivity contribution in [2.24, 2.45) is 0 Å². The number of nitrogens with one attached hydrogen (secondary N) is 1. The van der Waals surface area contributed by atoms with Crippen LogP contribution in [0.5, 0.6) is 5.75 Å². The molecule has 0 bridgehead atoms. The van der Waals surface area contributed by atoms with E-state index in [1.54, 1.807) is 18.2 Å². The Balaban J connectivity index is 0.000000292. The Labute approximate surface area is 160 Å². The SMILES string of the molecule is COc1cc(N)c(C)cc1NC(=O)c1ccccc1F.O=C(O)c1ccco1. The van der Waals surface area contributed by atoms with Crippen LogP contribution in [0.1, 0.15) is 26.5 Å². The number of benzene rings is 2. The van der Waals surface area contributed by atoms with E-state index in [1.807, 2.05) is 6.92 Å². The van der Waals surface area contributed by atoms with Crippen molar-refractivity contribution < 1.29 is 28.2 Å². The fraction of sp³-hybridized carbons (Fsp3) is 0.100. The number of carboxylic acids is 1. The fourth-order valence-electron chi connectivity index (χ4n) is 2.21. The summed E-state index contributed by atoms with van der Waals surface area (Å²) in [6, 6.07) is 12.0. The third kappa shape index (κ3) is 5.10. The van der Waals surface area contributed by atoms with Gasteiger partial charge < -0.3 is 25.3 Å². The second-order valence-corrected chi connectivity index (χ2v) is 5.63. The summed E-state index contributed by atoms with van der Waals surface area (Å²) in [5.74, 6) is -1.74. The van der Waals surface area contributed by atoms with Crippen LogP contribution in [0.15, 0.2) is 59.2 Å². The summed E-state index contributed by atoms with van der Waals surface area (Å²) in [5.41, 5.74) is 7.57. The van der Waals surface area contributed by atoms with E-state index in [-0.39, 0.29) is 11.3 Å². The number of carboxylic acid groups (broad SMARTS) is 1. The molecule has 0 unspecified atom stereocenters. The van der Waals surface area contributed by atoms with E-state index in [4.69, 9.17) is 15.6 Å².